The van der Waals surface area contributed by atoms with Crippen molar-refractivity contribution in [1.82, 2.24) is 9.80 Å². The highest BCUT2D eigenvalue weighted by atomic mass is 15.3. The molecule has 2 unspecified atom stereocenters. The van der Waals surface area contributed by atoms with Crippen molar-refractivity contribution in [2.45, 2.75) is 45.2 Å². The van der Waals surface area contributed by atoms with Gasteiger partial charge in [0.1, 0.15) is 0 Å². The second-order valence-corrected chi connectivity index (χ2v) is 6.45. The fourth-order valence-electron chi connectivity index (χ4n) is 3.40. The first kappa shape index (κ1) is 12.3. The van der Waals surface area contributed by atoms with E-state index in [0.29, 0.717) is 11.5 Å². The van der Waals surface area contributed by atoms with E-state index in [4.69, 9.17) is 5.73 Å². The van der Waals surface area contributed by atoms with Gasteiger partial charge >= 0.3 is 0 Å². The van der Waals surface area contributed by atoms with Crippen molar-refractivity contribution in [3.8, 4) is 0 Å². The Balaban J connectivity index is 1.98. The van der Waals surface area contributed by atoms with E-state index in [-0.39, 0.29) is 0 Å². The number of likely N-dealkylation sites (N-methyl/N-ethyl adjacent to an activating group) is 1. The van der Waals surface area contributed by atoms with E-state index in [0.717, 1.165) is 19.1 Å². The fourth-order valence-corrected chi connectivity index (χ4v) is 3.40. The topological polar surface area (TPSA) is 32.5 Å². The van der Waals surface area contributed by atoms with Crippen LogP contribution < -0.4 is 5.73 Å². The Kier molecular flexibility index (Phi) is 3.57. The van der Waals surface area contributed by atoms with Crippen LogP contribution in [0.4, 0.5) is 0 Å². The Morgan fingerprint density at radius 1 is 1.31 bits per heavy atom. The zero-order valence-electron chi connectivity index (χ0n) is 11.1. The number of piperazine rings is 1. The average Bonchev–Trinajstić information content (AvgIpc) is 2.58. The van der Waals surface area contributed by atoms with E-state index in [2.05, 4.69) is 30.7 Å². The van der Waals surface area contributed by atoms with Crippen LogP contribution >= 0.6 is 0 Å². The minimum atomic E-state index is 0.549. The van der Waals surface area contributed by atoms with Crippen molar-refractivity contribution in [1.29, 1.82) is 0 Å². The second kappa shape index (κ2) is 4.63. The zero-order chi connectivity index (χ0) is 11.8. The largest absolute Gasteiger partial charge is 0.329 e. The average molecular weight is 225 g/mol. The third kappa shape index (κ3) is 2.58. The number of nitrogens with zero attached hydrogens (tertiary/aromatic N) is 2. The molecule has 1 aliphatic heterocycles. The number of hydrogen-bond donors (Lipinski definition) is 1. The number of nitrogens with two attached hydrogens (primary N) is 1. The molecule has 0 bridgehead atoms. The third-order valence-electron chi connectivity index (χ3n) is 4.42. The van der Waals surface area contributed by atoms with Gasteiger partial charge in [-0.25, -0.2) is 0 Å². The van der Waals surface area contributed by atoms with E-state index >= 15 is 0 Å². The van der Waals surface area contributed by atoms with Gasteiger partial charge in [-0.3, -0.25) is 4.90 Å². The highest BCUT2D eigenvalue weighted by molar-refractivity contribution is 4.93. The summed E-state index contributed by atoms with van der Waals surface area (Å²) in [6, 6.07) is 1.37. The summed E-state index contributed by atoms with van der Waals surface area (Å²) in [6.07, 6.45) is 4.10. The molecule has 3 heteroatoms. The van der Waals surface area contributed by atoms with Crippen LogP contribution in [-0.2, 0) is 0 Å². The minimum absolute atomic E-state index is 0.549. The molecule has 0 radical (unpaired) electrons. The standard InChI is InChI=1S/C13H27N3/c1-13(2)5-4-11(8-13)16-7-6-15(3)10-12(16)9-14/h11-12H,4-10,14H2,1-3H3. The Bertz CT molecular complexity index is 239. The van der Waals surface area contributed by atoms with Gasteiger partial charge in [0.15, 0.2) is 0 Å². The SMILES string of the molecule is CN1CCN(C2CCC(C)(C)C2)C(CN)C1. The van der Waals surface area contributed by atoms with Crippen molar-refractivity contribution in [3.05, 3.63) is 0 Å². The lowest BCUT2D eigenvalue weighted by Crippen LogP contribution is -2.57. The molecule has 0 aromatic rings. The van der Waals surface area contributed by atoms with Gasteiger partial charge in [-0.1, -0.05) is 13.8 Å². The zero-order valence-corrected chi connectivity index (χ0v) is 11.1. The molecule has 2 N–H and O–H groups in total. The van der Waals surface area contributed by atoms with Gasteiger partial charge in [0.2, 0.25) is 0 Å². The second-order valence-electron chi connectivity index (χ2n) is 6.45. The normalized spacial score (nSPS) is 36.8. The maximum atomic E-state index is 5.92. The van der Waals surface area contributed by atoms with Gasteiger partial charge in [0, 0.05) is 38.3 Å². The molecule has 0 amide bonds. The maximum absolute atomic E-state index is 5.92. The Labute approximate surface area is 100.0 Å². The summed E-state index contributed by atoms with van der Waals surface area (Å²) < 4.78 is 0. The lowest BCUT2D eigenvalue weighted by molar-refractivity contribution is 0.0545. The maximum Gasteiger partial charge on any atom is 0.0349 e. The van der Waals surface area contributed by atoms with Crippen LogP contribution in [0.1, 0.15) is 33.1 Å². The summed E-state index contributed by atoms with van der Waals surface area (Å²) in [5, 5.41) is 0. The Morgan fingerprint density at radius 2 is 2.06 bits per heavy atom. The van der Waals surface area contributed by atoms with Gasteiger partial charge in [0.05, 0.1) is 0 Å². The molecule has 1 saturated heterocycles. The first-order valence-electron chi connectivity index (χ1n) is 6.66. The summed E-state index contributed by atoms with van der Waals surface area (Å²) in [5.41, 5.74) is 6.47. The molecule has 1 heterocycles. The highest BCUT2D eigenvalue weighted by Crippen LogP contribution is 2.40. The van der Waals surface area contributed by atoms with Crippen LogP contribution in [0.3, 0.4) is 0 Å². The molecule has 0 spiro atoms. The number of hydrogen-bond acceptors (Lipinski definition) is 3. The molecule has 1 saturated carbocycles. The van der Waals surface area contributed by atoms with Crippen molar-refractivity contribution < 1.29 is 0 Å². The van der Waals surface area contributed by atoms with Crippen LogP contribution in [0.2, 0.25) is 0 Å². The minimum Gasteiger partial charge on any atom is -0.329 e. The molecule has 2 aliphatic rings. The molecule has 2 rings (SSSR count). The molecular weight excluding hydrogens is 198 g/mol. The summed E-state index contributed by atoms with van der Waals surface area (Å²) in [7, 11) is 2.21. The molecule has 0 aromatic heterocycles. The fraction of sp³-hybridized carbons (Fsp3) is 1.00. The van der Waals surface area contributed by atoms with Crippen LogP contribution in [0.25, 0.3) is 0 Å². The van der Waals surface area contributed by atoms with Crippen molar-refractivity contribution in [2.75, 3.05) is 33.2 Å². The smallest absolute Gasteiger partial charge is 0.0349 e. The van der Waals surface area contributed by atoms with Gasteiger partial charge < -0.3 is 10.6 Å². The molecule has 0 aromatic carbocycles. The molecule has 16 heavy (non-hydrogen) atoms. The third-order valence-corrected chi connectivity index (χ3v) is 4.42. The molecule has 3 nitrogen and oxygen atoms in total. The van der Waals surface area contributed by atoms with E-state index < -0.39 is 0 Å². The van der Waals surface area contributed by atoms with Crippen LogP contribution in [0.15, 0.2) is 0 Å². The molecular formula is C13H27N3. The van der Waals surface area contributed by atoms with Gasteiger partial charge in [0.25, 0.3) is 0 Å². The summed E-state index contributed by atoms with van der Waals surface area (Å²) >= 11 is 0. The van der Waals surface area contributed by atoms with E-state index in [1.165, 1.54) is 32.4 Å². The van der Waals surface area contributed by atoms with Crippen molar-refractivity contribution >= 4 is 0 Å². The molecule has 94 valence electrons. The Morgan fingerprint density at radius 3 is 2.62 bits per heavy atom. The summed E-state index contributed by atoms with van der Waals surface area (Å²) in [5.74, 6) is 0. The van der Waals surface area contributed by atoms with Gasteiger partial charge in [-0.2, -0.15) is 0 Å². The van der Waals surface area contributed by atoms with Crippen molar-refractivity contribution in [3.63, 3.8) is 0 Å². The van der Waals surface area contributed by atoms with Crippen LogP contribution in [-0.4, -0.2) is 55.1 Å². The van der Waals surface area contributed by atoms with E-state index in [9.17, 15) is 0 Å². The lowest BCUT2D eigenvalue weighted by Gasteiger charge is -2.43. The highest BCUT2D eigenvalue weighted by Gasteiger charge is 2.38. The van der Waals surface area contributed by atoms with Gasteiger partial charge in [-0.15, -0.1) is 0 Å². The summed E-state index contributed by atoms with van der Waals surface area (Å²) in [4.78, 5) is 5.10. The quantitative estimate of drug-likeness (QED) is 0.765. The predicted octanol–water partition coefficient (Wildman–Crippen LogP) is 1.14. The molecule has 1 aliphatic carbocycles. The van der Waals surface area contributed by atoms with Crippen LogP contribution in [0, 0.1) is 5.41 Å². The first-order chi connectivity index (χ1) is 7.52. The van der Waals surface area contributed by atoms with Crippen molar-refractivity contribution in [2.24, 2.45) is 11.1 Å². The predicted molar refractivity (Wildman–Crippen MR) is 68.5 cm³/mol. The molecule has 2 fully saturated rings. The van der Waals surface area contributed by atoms with E-state index in [1.54, 1.807) is 0 Å². The summed E-state index contributed by atoms with van der Waals surface area (Å²) in [6.45, 7) is 9.17. The van der Waals surface area contributed by atoms with Crippen LogP contribution in [0.5, 0.6) is 0 Å². The van der Waals surface area contributed by atoms with E-state index in [1.807, 2.05) is 0 Å². The van der Waals surface area contributed by atoms with Gasteiger partial charge in [-0.05, 0) is 31.7 Å². The monoisotopic (exact) mass is 225 g/mol. The molecule has 2 atom stereocenters. The first-order valence-corrected chi connectivity index (χ1v) is 6.66. The lowest BCUT2D eigenvalue weighted by atomic mass is 9.91. The Hall–Kier alpha value is -0.120. The number of rotatable bonds is 2.